The van der Waals surface area contributed by atoms with Crippen molar-refractivity contribution in [3.05, 3.63) is 0 Å². The van der Waals surface area contributed by atoms with E-state index in [4.69, 9.17) is 5.11 Å². The lowest BCUT2D eigenvalue weighted by molar-refractivity contribution is 0.185. The number of aliphatic hydroxyl groups excluding tert-OH is 1. The van der Waals surface area contributed by atoms with Crippen LogP contribution in [0.5, 0.6) is 0 Å². The Kier molecular flexibility index (Phi) is 6.26. The Morgan fingerprint density at radius 2 is 1.87 bits per heavy atom. The molecule has 0 radical (unpaired) electrons. The third kappa shape index (κ3) is 6.16. The van der Waals surface area contributed by atoms with Gasteiger partial charge in [0.1, 0.15) is 0 Å². The lowest BCUT2D eigenvalue weighted by Crippen LogP contribution is -2.32. The maximum Gasteiger partial charge on any atom is 0.0636 e. The molecule has 1 fully saturated rings. The van der Waals surface area contributed by atoms with Crippen LogP contribution in [-0.2, 0) is 0 Å². The van der Waals surface area contributed by atoms with E-state index in [9.17, 15) is 0 Å². The average Bonchev–Trinajstić information content (AvgIpc) is 2.25. The minimum Gasteiger partial charge on any atom is -0.392 e. The summed E-state index contributed by atoms with van der Waals surface area (Å²) in [5, 5.41) is 12.5. The van der Waals surface area contributed by atoms with Crippen molar-refractivity contribution in [3.8, 4) is 0 Å². The van der Waals surface area contributed by atoms with Gasteiger partial charge >= 0.3 is 0 Å². The van der Waals surface area contributed by atoms with Crippen LogP contribution in [0, 0.1) is 5.92 Å². The number of hydrogen-bond donors (Lipinski definition) is 2. The van der Waals surface area contributed by atoms with E-state index in [0.717, 1.165) is 12.5 Å². The monoisotopic (exact) mass is 213 g/mol. The topological polar surface area (TPSA) is 32.3 Å². The average molecular weight is 213 g/mol. The van der Waals surface area contributed by atoms with Gasteiger partial charge in [0.25, 0.3) is 0 Å². The summed E-state index contributed by atoms with van der Waals surface area (Å²) in [7, 11) is 0. The fraction of sp³-hybridized carbons (Fsp3) is 1.00. The molecular formula is C13H27NO. The third-order valence-electron chi connectivity index (χ3n) is 3.49. The van der Waals surface area contributed by atoms with Crippen LogP contribution in [0.25, 0.3) is 0 Å². The number of nitrogens with one attached hydrogen (secondary N) is 1. The van der Waals surface area contributed by atoms with Gasteiger partial charge in [-0.15, -0.1) is 0 Å². The van der Waals surface area contributed by atoms with Crippen molar-refractivity contribution >= 4 is 0 Å². The maximum absolute atomic E-state index is 9.16. The Labute approximate surface area is 94.5 Å². The molecule has 15 heavy (non-hydrogen) atoms. The Morgan fingerprint density at radius 1 is 1.20 bits per heavy atom. The van der Waals surface area contributed by atoms with Gasteiger partial charge in [0, 0.05) is 12.6 Å². The molecule has 0 aromatic carbocycles. The minimum atomic E-state index is -0.220. The molecule has 0 saturated heterocycles. The molecule has 2 nitrogen and oxygen atoms in total. The molecule has 0 aromatic rings. The summed E-state index contributed by atoms with van der Waals surface area (Å²) in [6, 6.07) is 0.557. The van der Waals surface area contributed by atoms with E-state index in [1.807, 2.05) is 6.92 Å². The quantitative estimate of drug-likeness (QED) is 0.711. The predicted molar refractivity (Wildman–Crippen MR) is 65.0 cm³/mol. The minimum absolute atomic E-state index is 0.220. The molecule has 1 aliphatic carbocycles. The van der Waals surface area contributed by atoms with E-state index in [1.54, 1.807) is 0 Å². The smallest absolute Gasteiger partial charge is 0.0636 e. The van der Waals surface area contributed by atoms with Gasteiger partial charge in [0.2, 0.25) is 0 Å². The molecular weight excluding hydrogens is 186 g/mol. The van der Waals surface area contributed by atoms with Gasteiger partial charge in [-0.2, -0.15) is 0 Å². The molecule has 0 amide bonds. The van der Waals surface area contributed by atoms with Crippen LogP contribution in [0.4, 0.5) is 0 Å². The summed E-state index contributed by atoms with van der Waals surface area (Å²) >= 11 is 0. The first-order valence-corrected chi connectivity index (χ1v) is 6.60. The van der Waals surface area contributed by atoms with Gasteiger partial charge in [-0.05, 0) is 32.6 Å². The van der Waals surface area contributed by atoms with Crippen LogP contribution < -0.4 is 5.32 Å². The van der Waals surface area contributed by atoms with E-state index in [2.05, 4.69) is 12.2 Å². The van der Waals surface area contributed by atoms with E-state index < -0.39 is 0 Å². The summed E-state index contributed by atoms with van der Waals surface area (Å²) in [5.74, 6) is 0.981. The first-order chi connectivity index (χ1) is 7.18. The Morgan fingerprint density at radius 3 is 2.47 bits per heavy atom. The standard InChI is InChI=1S/C13H27NO/c1-11(14-10-12(2)15)8-9-13-6-4-3-5-7-13/h11-15H,3-10H2,1-2H3. The molecule has 1 rings (SSSR count). The SMILES string of the molecule is CC(O)CNC(C)CCC1CCCCC1. The van der Waals surface area contributed by atoms with Crippen molar-refractivity contribution in [2.75, 3.05) is 6.54 Å². The first-order valence-electron chi connectivity index (χ1n) is 6.60. The summed E-state index contributed by atoms with van der Waals surface area (Å²) in [5.41, 5.74) is 0. The Bertz CT molecular complexity index is 153. The van der Waals surface area contributed by atoms with Crippen LogP contribution in [0.1, 0.15) is 58.8 Å². The summed E-state index contributed by atoms with van der Waals surface area (Å²) < 4.78 is 0. The molecule has 0 bridgehead atoms. The normalized spacial score (nSPS) is 22.6. The van der Waals surface area contributed by atoms with E-state index >= 15 is 0 Å². The second kappa shape index (κ2) is 7.24. The van der Waals surface area contributed by atoms with Crippen molar-refractivity contribution in [3.63, 3.8) is 0 Å². The molecule has 1 saturated carbocycles. The van der Waals surface area contributed by atoms with Crippen LogP contribution in [0.15, 0.2) is 0 Å². The van der Waals surface area contributed by atoms with Gasteiger partial charge in [-0.25, -0.2) is 0 Å². The fourth-order valence-electron chi connectivity index (χ4n) is 2.44. The highest BCUT2D eigenvalue weighted by Gasteiger charge is 2.14. The molecule has 2 heteroatoms. The molecule has 0 heterocycles. The lowest BCUT2D eigenvalue weighted by atomic mass is 9.85. The highest BCUT2D eigenvalue weighted by atomic mass is 16.3. The molecule has 2 atom stereocenters. The van der Waals surface area contributed by atoms with Crippen LogP contribution in [0.2, 0.25) is 0 Å². The van der Waals surface area contributed by atoms with Gasteiger partial charge in [-0.1, -0.05) is 32.1 Å². The Hall–Kier alpha value is -0.0800. The predicted octanol–water partition coefficient (Wildman–Crippen LogP) is 2.71. The summed E-state index contributed by atoms with van der Waals surface area (Å²) in [6.45, 7) is 4.79. The van der Waals surface area contributed by atoms with Gasteiger partial charge in [0.15, 0.2) is 0 Å². The third-order valence-corrected chi connectivity index (χ3v) is 3.49. The second-order valence-electron chi connectivity index (χ2n) is 5.24. The molecule has 0 spiro atoms. The van der Waals surface area contributed by atoms with E-state index in [0.29, 0.717) is 6.04 Å². The zero-order chi connectivity index (χ0) is 11.1. The molecule has 90 valence electrons. The largest absolute Gasteiger partial charge is 0.392 e. The van der Waals surface area contributed by atoms with Crippen LogP contribution >= 0.6 is 0 Å². The van der Waals surface area contributed by atoms with Crippen LogP contribution in [0.3, 0.4) is 0 Å². The molecule has 2 unspecified atom stereocenters. The number of rotatable bonds is 6. The van der Waals surface area contributed by atoms with Crippen molar-refractivity contribution in [2.45, 2.75) is 70.9 Å². The summed E-state index contributed by atoms with van der Waals surface area (Å²) in [6.07, 6.45) is 9.65. The van der Waals surface area contributed by atoms with Gasteiger partial charge < -0.3 is 10.4 Å². The van der Waals surface area contributed by atoms with Crippen LogP contribution in [-0.4, -0.2) is 23.8 Å². The van der Waals surface area contributed by atoms with E-state index in [1.165, 1.54) is 44.9 Å². The van der Waals surface area contributed by atoms with Crippen molar-refractivity contribution in [2.24, 2.45) is 5.92 Å². The molecule has 2 N–H and O–H groups in total. The van der Waals surface area contributed by atoms with Crippen molar-refractivity contribution < 1.29 is 5.11 Å². The zero-order valence-corrected chi connectivity index (χ0v) is 10.3. The molecule has 0 aliphatic heterocycles. The highest BCUT2D eigenvalue weighted by molar-refractivity contribution is 4.69. The maximum atomic E-state index is 9.16. The fourth-order valence-corrected chi connectivity index (χ4v) is 2.44. The van der Waals surface area contributed by atoms with Gasteiger partial charge in [-0.3, -0.25) is 0 Å². The zero-order valence-electron chi connectivity index (χ0n) is 10.3. The molecule has 1 aliphatic rings. The van der Waals surface area contributed by atoms with Crippen molar-refractivity contribution in [1.82, 2.24) is 5.32 Å². The lowest BCUT2D eigenvalue weighted by Gasteiger charge is -2.23. The van der Waals surface area contributed by atoms with Gasteiger partial charge in [0.05, 0.1) is 6.10 Å². The summed E-state index contributed by atoms with van der Waals surface area (Å²) in [4.78, 5) is 0. The molecule has 0 aromatic heterocycles. The Balaban J connectivity index is 2.02. The highest BCUT2D eigenvalue weighted by Crippen LogP contribution is 2.27. The van der Waals surface area contributed by atoms with E-state index in [-0.39, 0.29) is 6.10 Å². The first kappa shape index (κ1) is 13.0. The number of aliphatic hydroxyl groups is 1. The number of hydrogen-bond acceptors (Lipinski definition) is 2. The van der Waals surface area contributed by atoms with Crippen molar-refractivity contribution in [1.29, 1.82) is 0 Å². The second-order valence-corrected chi connectivity index (χ2v) is 5.24.